The molecule has 0 aliphatic heterocycles. The quantitative estimate of drug-likeness (QED) is 0.484. The average molecular weight is 316 g/mol. The Balaban J connectivity index is 0. The Hall–Kier alpha value is -0.710. The Kier molecular flexibility index (Phi) is 10.9. The summed E-state index contributed by atoms with van der Waals surface area (Å²) in [5.74, 6) is -7.43. The fourth-order valence-electron chi connectivity index (χ4n) is 1.32. The van der Waals surface area contributed by atoms with Gasteiger partial charge in [0.2, 0.25) is 8.38 Å². The first-order chi connectivity index (χ1) is 9.29. The van der Waals surface area contributed by atoms with Gasteiger partial charge in [0.05, 0.1) is 0 Å². The molecule has 1 aromatic carbocycles. The van der Waals surface area contributed by atoms with E-state index in [1.807, 2.05) is 27.7 Å². The first-order valence-corrected chi connectivity index (χ1v) is 7.57. The summed E-state index contributed by atoms with van der Waals surface area (Å²) >= 11 is 0. The van der Waals surface area contributed by atoms with Crippen molar-refractivity contribution in [2.45, 2.75) is 47.5 Å². The number of halogens is 4. The van der Waals surface area contributed by atoms with Crippen molar-refractivity contribution in [3.05, 3.63) is 28.8 Å². The average Bonchev–Trinajstić information content (AvgIpc) is 2.41. The lowest BCUT2D eigenvalue weighted by Crippen LogP contribution is -2.20. The SMILES string of the molecule is CC.CC.CC(C)c1c(F)c(F)c(P(O)O)c(F)c1F. The predicted octanol–water partition coefficient (Wildman–Crippen LogP) is 4.34. The molecule has 20 heavy (non-hydrogen) atoms. The number of hydrogen-bond acceptors (Lipinski definition) is 2. The zero-order chi connectivity index (χ0) is 16.6. The molecule has 0 saturated heterocycles. The van der Waals surface area contributed by atoms with Crippen molar-refractivity contribution in [2.24, 2.45) is 0 Å². The van der Waals surface area contributed by atoms with Crippen molar-refractivity contribution >= 4 is 13.7 Å². The van der Waals surface area contributed by atoms with Crippen molar-refractivity contribution in [3.8, 4) is 0 Å². The van der Waals surface area contributed by atoms with Gasteiger partial charge in [0.15, 0.2) is 23.3 Å². The van der Waals surface area contributed by atoms with Crippen LogP contribution in [0.25, 0.3) is 0 Å². The summed E-state index contributed by atoms with van der Waals surface area (Å²) in [6, 6.07) is 0. The molecule has 0 radical (unpaired) electrons. The molecule has 1 aromatic rings. The molecular formula is C13H21F4O2P. The lowest BCUT2D eigenvalue weighted by Gasteiger charge is -2.14. The summed E-state index contributed by atoms with van der Waals surface area (Å²) in [5, 5.41) is -1.35. The maximum absolute atomic E-state index is 13.3. The van der Waals surface area contributed by atoms with E-state index < -0.39 is 48.4 Å². The Morgan fingerprint density at radius 2 is 1.05 bits per heavy atom. The molecule has 0 unspecified atom stereocenters. The third kappa shape index (κ3) is 4.69. The molecule has 2 nitrogen and oxygen atoms in total. The molecule has 0 bridgehead atoms. The normalized spacial score (nSPS) is 9.90. The molecule has 2 N–H and O–H groups in total. The summed E-state index contributed by atoms with van der Waals surface area (Å²) in [4.78, 5) is 17.3. The Labute approximate surface area is 118 Å². The van der Waals surface area contributed by atoms with E-state index in [2.05, 4.69) is 0 Å². The smallest absolute Gasteiger partial charge is 0.205 e. The van der Waals surface area contributed by atoms with Gasteiger partial charge in [-0.1, -0.05) is 41.5 Å². The molecule has 0 fully saturated rings. The third-order valence-corrected chi connectivity index (χ3v) is 2.84. The first-order valence-electron chi connectivity index (χ1n) is 6.32. The molecule has 0 aromatic heterocycles. The lowest BCUT2D eigenvalue weighted by atomic mass is 10.0. The number of benzene rings is 1. The largest absolute Gasteiger partial charge is 0.346 e. The van der Waals surface area contributed by atoms with Crippen LogP contribution in [0.3, 0.4) is 0 Å². The van der Waals surface area contributed by atoms with Crippen LogP contribution in [0.1, 0.15) is 53.0 Å². The minimum Gasteiger partial charge on any atom is -0.346 e. The van der Waals surface area contributed by atoms with Gasteiger partial charge in [-0.15, -0.1) is 0 Å². The van der Waals surface area contributed by atoms with Gasteiger partial charge in [-0.3, -0.25) is 0 Å². The topological polar surface area (TPSA) is 40.5 Å². The first kappa shape index (κ1) is 21.6. The van der Waals surface area contributed by atoms with Gasteiger partial charge >= 0.3 is 0 Å². The highest BCUT2D eigenvalue weighted by atomic mass is 31.2. The third-order valence-electron chi connectivity index (χ3n) is 2.05. The highest BCUT2D eigenvalue weighted by Gasteiger charge is 2.30. The molecule has 7 heteroatoms. The van der Waals surface area contributed by atoms with E-state index in [-0.39, 0.29) is 0 Å². The van der Waals surface area contributed by atoms with E-state index in [0.29, 0.717) is 0 Å². The van der Waals surface area contributed by atoms with Gasteiger partial charge in [0, 0.05) is 5.56 Å². The van der Waals surface area contributed by atoms with Crippen LogP contribution < -0.4 is 5.30 Å². The second kappa shape index (κ2) is 10.1. The second-order valence-corrected chi connectivity index (χ2v) is 4.49. The fourth-order valence-corrected chi connectivity index (χ4v) is 1.87. The lowest BCUT2D eigenvalue weighted by molar-refractivity contribution is 0.432. The van der Waals surface area contributed by atoms with Crippen LogP contribution in [0.4, 0.5) is 17.6 Å². The molecule has 1 rings (SSSR count). The Morgan fingerprint density at radius 1 is 0.750 bits per heavy atom. The van der Waals surface area contributed by atoms with Crippen LogP contribution >= 0.6 is 8.38 Å². The molecular weight excluding hydrogens is 295 g/mol. The van der Waals surface area contributed by atoms with Crippen LogP contribution in [-0.4, -0.2) is 9.79 Å². The van der Waals surface area contributed by atoms with Gasteiger partial charge in [-0.25, -0.2) is 17.6 Å². The van der Waals surface area contributed by atoms with Crippen LogP contribution in [0.5, 0.6) is 0 Å². The van der Waals surface area contributed by atoms with E-state index in [9.17, 15) is 17.6 Å². The van der Waals surface area contributed by atoms with Crippen LogP contribution in [0, 0.1) is 23.3 Å². The van der Waals surface area contributed by atoms with E-state index in [1.165, 1.54) is 13.8 Å². The van der Waals surface area contributed by atoms with Crippen molar-refractivity contribution in [1.82, 2.24) is 0 Å². The van der Waals surface area contributed by atoms with Crippen molar-refractivity contribution in [3.63, 3.8) is 0 Å². The van der Waals surface area contributed by atoms with Crippen molar-refractivity contribution in [1.29, 1.82) is 0 Å². The monoisotopic (exact) mass is 316 g/mol. The molecule has 0 spiro atoms. The summed E-state index contributed by atoms with van der Waals surface area (Å²) in [6.45, 7) is 10.7. The molecule has 0 atom stereocenters. The molecule has 0 aliphatic rings. The number of rotatable bonds is 2. The molecule has 0 aliphatic carbocycles. The predicted molar refractivity (Wildman–Crippen MR) is 74.1 cm³/mol. The maximum Gasteiger partial charge on any atom is 0.205 e. The highest BCUT2D eigenvalue weighted by Crippen LogP contribution is 2.32. The van der Waals surface area contributed by atoms with Crippen molar-refractivity contribution in [2.75, 3.05) is 0 Å². The van der Waals surface area contributed by atoms with Crippen LogP contribution in [-0.2, 0) is 0 Å². The van der Waals surface area contributed by atoms with Gasteiger partial charge in [-0.05, 0) is 5.92 Å². The summed E-state index contributed by atoms with van der Waals surface area (Å²) in [6.07, 6.45) is 0. The van der Waals surface area contributed by atoms with Crippen LogP contribution in [0.2, 0.25) is 0 Å². The maximum atomic E-state index is 13.3. The molecule has 118 valence electrons. The summed E-state index contributed by atoms with van der Waals surface area (Å²) in [5.41, 5.74) is -0.740. The summed E-state index contributed by atoms with van der Waals surface area (Å²) < 4.78 is 53.1. The highest BCUT2D eigenvalue weighted by molar-refractivity contribution is 7.54. The van der Waals surface area contributed by atoms with E-state index in [0.717, 1.165) is 0 Å². The standard InChI is InChI=1S/C9H9F4O2P.2C2H6/c1-3(2)4-5(10)7(12)9(16(14)15)8(13)6(4)11;2*1-2/h3,14-15H,1-2H3;2*1-2H3. The zero-order valence-electron chi connectivity index (χ0n) is 12.4. The second-order valence-electron chi connectivity index (χ2n) is 3.46. The van der Waals surface area contributed by atoms with E-state index in [4.69, 9.17) is 9.79 Å². The molecule has 0 saturated carbocycles. The summed E-state index contributed by atoms with van der Waals surface area (Å²) in [7, 11) is -3.23. The minimum absolute atomic E-state index is 0.740. The van der Waals surface area contributed by atoms with Gasteiger partial charge in [0.25, 0.3) is 0 Å². The van der Waals surface area contributed by atoms with Gasteiger partial charge in [-0.2, -0.15) is 0 Å². The number of hydrogen-bond donors (Lipinski definition) is 2. The Morgan fingerprint density at radius 3 is 1.25 bits per heavy atom. The van der Waals surface area contributed by atoms with Gasteiger partial charge in [0.1, 0.15) is 5.30 Å². The minimum atomic E-state index is -3.23. The Bertz CT molecular complexity index is 355. The van der Waals surface area contributed by atoms with Gasteiger partial charge < -0.3 is 9.79 Å². The molecule has 0 heterocycles. The van der Waals surface area contributed by atoms with Crippen molar-refractivity contribution < 1.29 is 27.3 Å². The molecule has 0 amide bonds. The van der Waals surface area contributed by atoms with Crippen LogP contribution in [0.15, 0.2) is 0 Å². The zero-order valence-corrected chi connectivity index (χ0v) is 13.3. The van der Waals surface area contributed by atoms with E-state index in [1.54, 1.807) is 0 Å². The fraction of sp³-hybridized carbons (Fsp3) is 0.538. The van der Waals surface area contributed by atoms with E-state index >= 15 is 0 Å².